The molecule has 110 valence electrons. The van der Waals surface area contributed by atoms with E-state index >= 15 is 0 Å². The van der Waals surface area contributed by atoms with Crippen molar-refractivity contribution in [1.82, 2.24) is 20.4 Å². The first-order valence-corrected chi connectivity index (χ1v) is 7.26. The molecule has 1 unspecified atom stereocenters. The Morgan fingerprint density at radius 3 is 3.10 bits per heavy atom. The Kier molecular flexibility index (Phi) is 3.21. The molecule has 0 amide bonds. The second-order valence-electron chi connectivity index (χ2n) is 5.63. The molecule has 21 heavy (non-hydrogen) atoms. The molecule has 1 aromatic heterocycles. The standard InChI is InChI=1S/C15H18N4O2/c1-19-5-4-16-7-13(19)14-17-15(21-18-14)10-2-3-11-8-20-9-12(11)6-10/h2-3,6,13,16H,4-5,7-9H2,1H3. The van der Waals surface area contributed by atoms with Crippen LogP contribution in [0.3, 0.4) is 0 Å². The summed E-state index contributed by atoms with van der Waals surface area (Å²) in [5.74, 6) is 1.33. The van der Waals surface area contributed by atoms with Crippen LogP contribution < -0.4 is 5.32 Å². The summed E-state index contributed by atoms with van der Waals surface area (Å²) in [6.07, 6.45) is 0. The van der Waals surface area contributed by atoms with Crippen LogP contribution in [0.4, 0.5) is 0 Å². The number of hydrogen-bond acceptors (Lipinski definition) is 6. The first-order valence-electron chi connectivity index (χ1n) is 7.26. The fraction of sp³-hybridized carbons (Fsp3) is 0.467. The number of rotatable bonds is 2. The molecule has 1 fully saturated rings. The fourth-order valence-corrected chi connectivity index (χ4v) is 2.89. The summed E-state index contributed by atoms with van der Waals surface area (Å²) >= 11 is 0. The van der Waals surface area contributed by atoms with Crippen LogP contribution in [-0.2, 0) is 18.0 Å². The molecule has 2 aliphatic rings. The van der Waals surface area contributed by atoms with E-state index in [2.05, 4.69) is 39.5 Å². The molecule has 1 atom stereocenters. The Hall–Kier alpha value is -1.76. The van der Waals surface area contributed by atoms with Crippen LogP contribution in [0.1, 0.15) is 23.0 Å². The van der Waals surface area contributed by atoms with Crippen molar-refractivity contribution in [3.63, 3.8) is 0 Å². The number of fused-ring (bicyclic) bond motifs is 1. The van der Waals surface area contributed by atoms with E-state index in [0.717, 1.165) is 31.0 Å². The Morgan fingerprint density at radius 2 is 2.19 bits per heavy atom. The maximum atomic E-state index is 5.46. The van der Waals surface area contributed by atoms with Crippen LogP contribution in [0.25, 0.3) is 11.5 Å². The molecule has 1 N–H and O–H groups in total. The predicted molar refractivity (Wildman–Crippen MR) is 76.5 cm³/mol. The number of aromatic nitrogens is 2. The van der Waals surface area contributed by atoms with Crippen molar-refractivity contribution in [2.45, 2.75) is 19.3 Å². The summed E-state index contributed by atoms with van der Waals surface area (Å²) in [5.41, 5.74) is 3.42. The van der Waals surface area contributed by atoms with Gasteiger partial charge in [0.15, 0.2) is 5.82 Å². The van der Waals surface area contributed by atoms with E-state index in [1.807, 2.05) is 6.07 Å². The van der Waals surface area contributed by atoms with Crippen LogP contribution >= 0.6 is 0 Å². The summed E-state index contributed by atoms with van der Waals surface area (Å²) in [6.45, 7) is 4.21. The molecule has 0 aliphatic carbocycles. The zero-order valence-corrected chi connectivity index (χ0v) is 12.0. The van der Waals surface area contributed by atoms with E-state index in [1.54, 1.807) is 0 Å². The van der Waals surface area contributed by atoms with E-state index in [-0.39, 0.29) is 6.04 Å². The van der Waals surface area contributed by atoms with Gasteiger partial charge in [0.2, 0.25) is 0 Å². The Labute approximate surface area is 123 Å². The number of benzene rings is 1. The van der Waals surface area contributed by atoms with Crippen LogP contribution in [0.2, 0.25) is 0 Å². The minimum atomic E-state index is 0.175. The molecule has 2 aliphatic heterocycles. The van der Waals surface area contributed by atoms with Crippen molar-refractivity contribution in [2.24, 2.45) is 0 Å². The molecule has 4 rings (SSSR count). The number of ether oxygens (including phenoxy) is 1. The van der Waals surface area contributed by atoms with E-state index in [0.29, 0.717) is 19.1 Å². The molecule has 0 spiro atoms. The smallest absolute Gasteiger partial charge is 0.257 e. The molecule has 1 saturated heterocycles. The second kappa shape index (κ2) is 5.22. The fourth-order valence-electron chi connectivity index (χ4n) is 2.89. The largest absolute Gasteiger partial charge is 0.372 e. The van der Waals surface area contributed by atoms with Gasteiger partial charge in [-0.15, -0.1) is 0 Å². The molecular formula is C15H18N4O2. The lowest BCUT2D eigenvalue weighted by molar-refractivity contribution is 0.134. The molecule has 0 radical (unpaired) electrons. The first-order chi connectivity index (χ1) is 10.3. The SMILES string of the molecule is CN1CCNCC1c1noc(-c2ccc3c(c2)COC3)n1. The van der Waals surface area contributed by atoms with E-state index in [1.165, 1.54) is 11.1 Å². The second-order valence-corrected chi connectivity index (χ2v) is 5.63. The van der Waals surface area contributed by atoms with Gasteiger partial charge >= 0.3 is 0 Å². The van der Waals surface area contributed by atoms with Gasteiger partial charge in [0.25, 0.3) is 5.89 Å². The number of piperazine rings is 1. The van der Waals surface area contributed by atoms with Crippen molar-refractivity contribution in [3.05, 3.63) is 35.2 Å². The normalized spacial score (nSPS) is 22.4. The number of hydrogen-bond donors (Lipinski definition) is 1. The minimum absolute atomic E-state index is 0.175. The number of nitrogens with zero attached hydrogens (tertiary/aromatic N) is 3. The van der Waals surface area contributed by atoms with Gasteiger partial charge in [0.05, 0.1) is 19.3 Å². The Bertz CT molecular complexity index is 655. The van der Waals surface area contributed by atoms with Crippen molar-refractivity contribution in [3.8, 4) is 11.5 Å². The highest BCUT2D eigenvalue weighted by Gasteiger charge is 2.25. The quantitative estimate of drug-likeness (QED) is 0.899. The summed E-state index contributed by atoms with van der Waals surface area (Å²) in [5, 5.41) is 7.53. The van der Waals surface area contributed by atoms with Gasteiger partial charge in [-0.05, 0) is 30.3 Å². The summed E-state index contributed by atoms with van der Waals surface area (Å²) in [7, 11) is 2.09. The van der Waals surface area contributed by atoms with Crippen molar-refractivity contribution >= 4 is 0 Å². The van der Waals surface area contributed by atoms with Gasteiger partial charge in [-0.25, -0.2) is 0 Å². The lowest BCUT2D eigenvalue weighted by Gasteiger charge is -2.30. The Morgan fingerprint density at radius 1 is 1.29 bits per heavy atom. The van der Waals surface area contributed by atoms with Crippen LogP contribution in [0.5, 0.6) is 0 Å². The summed E-state index contributed by atoms with van der Waals surface area (Å²) < 4.78 is 10.9. The van der Waals surface area contributed by atoms with Gasteiger partial charge in [0.1, 0.15) is 0 Å². The topological polar surface area (TPSA) is 63.4 Å². The minimum Gasteiger partial charge on any atom is -0.372 e. The van der Waals surface area contributed by atoms with Crippen molar-refractivity contribution < 1.29 is 9.26 Å². The van der Waals surface area contributed by atoms with Crippen LogP contribution in [-0.4, -0.2) is 41.7 Å². The lowest BCUT2D eigenvalue weighted by Crippen LogP contribution is -2.44. The molecule has 6 heteroatoms. The third-order valence-corrected chi connectivity index (χ3v) is 4.22. The lowest BCUT2D eigenvalue weighted by atomic mass is 10.1. The highest BCUT2D eigenvalue weighted by molar-refractivity contribution is 5.56. The molecule has 1 aromatic carbocycles. The van der Waals surface area contributed by atoms with Crippen LogP contribution in [0.15, 0.2) is 22.7 Å². The van der Waals surface area contributed by atoms with E-state index in [9.17, 15) is 0 Å². The zero-order valence-electron chi connectivity index (χ0n) is 12.0. The predicted octanol–water partition coefficient (Wildman–Crippen LogP) is 1.34. The molecule has 3 heterocycles. The van der Waals surface area contributed by atoms with Crippen molar-refractivity contribution in [1.29, 1.82) is 0 Å². The average molecular weight is 286 g/mol. The van der Waals surface area contributed by atoms with Gasteiger partial charge in [-0.2, -0.15) is 4.98 Å². The summed E-state index contributed by atoms with van der Waals surface area (Å²) in [4.78, 5) is 6.83. The number of likely N-dealkylation sites (N-methyl/N-ethyl adjacent to an activating group) is 1. The zero-order chi connectivity index (χ0) is 14.2. The molecule has 2 aromatic rings. The van der Waals surface area contributed by atoms with Crippen molar-refractivity contribution in [2.75, 3.05) is 26.7 Å². The number of nitrogens with one attached hydrogen (secondary N) is 1. The monoisotopic (exact) mass is 286 g/mol. The van der Waals surface area contributed by atoms with Crippen LogP contribution in [0, 0.1) is 0 Å². The molecule has 0 saturated carbocycles. The van der Waals surface area contributed by atoms with E-state index < -0.39 is 0 Å². The molecule has 0 bridgehead atoms. The maximum Gasteiger partial charge on any atom is 0.257 e. The third-order valence-electron chi connectivity index (χ3n) is 4.22. The van der Waals surface area contributed by atoms with Gasteiger partial charge in [0, 0.05) is 25.2 Å². The van der Waals surface area contributed by atoms with Gasteiger partial charge in [-0.3, -0.25) is 4.90 Å². The highest BCUT2D eigenvalue weighted by atomic mass is 16.5. The average Bonchev–Trinajstić information content (AvgIpc) is 3.16. The van der Waals surface area contributed by atoms with Gasteiger partial charge < -0.3 is 14.6 Å². The maximum absolute atomic E-state index is 5.46. The molecule has 6 nitrogen and oxygen atoms in total. The first kappa shape index (κ1) is 12.9. The Balaban J connectivity index is 1.62. The molecular weight excluding hydrogens is 268 g/mol. The van der Waals surface area contributed by atoms with E-state index in [4.69, 9.17) is 9.26 Å². The van der Waals surface area contributed by atoms with Gasteiger partial charge in [-0.1, -0.05) is 11.2 Å². The summed E-state index contributed by atoms with van der Waals surface area (Å²) in [6, 6.07) is 6.36. The highest BCUT2D eigenvalue weighted by Crippen LogP contribution is 2.27. The third kappa shape index (κ3) is 2.35.